The van der Waals surface area contributed by atoms with E-state index in [1.807, 2.05) is 6.07 Å². The molecule has 1 unspecified atom stereocenters. The number of rotatable bonds is 2. The van der Waals surface area contributed by atoms with Gasteiger partial charge in [-0.25, -0.2) is 0 Å². The molecule has 0 amide bonds. The van der Waals surface area contributed by atoms with E-state index in [9.17, 15) is 0 Å². The summed E-state index contributed by atoms with van der Waals surface area (Å²) < 4.78 is 0.990. The van der Waals surface area contributed by atoms with E-state index in [0.29, 0.717) is 11.0 Å². The molecule has 0 aromatic heterocycles. The van der Waals surface area contributed by atoms with Crippen LogP contribution in [0.15, 0.2) is 22.7 Å². The van der Waals surface area contributed by atoms with Gasteiger partial charge in [-0.1, -0.05) is 31.1 Å². The molecule has 1 aliphatic rings. The SMILES string of the molecule is CC1CCCCCN1c1cccc(Br)c1C(N)=S. The molecule has 0 spiro atoms. The van der Waals surface area contributed by atoms with Gasteiger partial charge in [0.05, 0.1) is 0 Å². The third kappa shape index (κ3) is 2.86. The van der Waals surface area contributed by atoms with Crippen LogP contribution in [0.5, 0.6) is 0 Å². The van der Waals surface area contributed by atoms with Crippen molar-refractivity contribution in [1.82, 2.24) is 0 Å². The number of nitrogens with two attached hydrogens (primary N) is 1. The fourth-order valence-corrected chi connectivity index (χ4v) is 3.54. The van der Waals surface area contributed by atoms with Gasteiger partial charge >= 0.3 is 0 Å². The van der Waals surface area contributed by atoms with Crippen molar-refractivity contribution in [2.45, 2.75) is 38.6 Å². The monoisotopic (exact) mass is 326 g/mol. The lowest BCUT2D eigenvalue weighted by molar-refractivity contribution is 0.616. The minimum Gasteiger partial charge on any atom is -0.389 e. The number of halogens is 1. The minimum atomic E-state index is 0.467. The number of hydrogen-bond acceptors (Lipinski definition) is 2. The average Bonchev–Trinajstić information content (AvgIpc) is 2.53. The van der Waals surface area contributed by atoms with Crippen LogP contribution >= 0.6 is 28.1 Å². The first kappa shape index (κ1) is 13.8. The highest BCUT2D eigenvalue weighted by Crippen LogP contribution is 2.31. The van der Waals surface area contributed by atoms with Crippen LogP contribution in [0.3, 0.4) is 0 Å². The summed E-state index contributed by atoms with van der Waals surface area (Å²) in [7, 11) is 0. The Hall–Kier alpha value is -0.610. The van der Waals surface area contributed by atoms with E-state index in [4.69, 9.17) is 18.0 Å². The molecule has 4 heteroatoms. The van der Waals surface area contributed by atoms with Crippen LogP contribution in [0.2, 0.25) is 0 Å². The van der Waals surface area contributed by atoms with Crippen molar-refractivity contribution in [3.05, 3.63) is 28.2 Å². The number of thiocarbonyl (C=S) groups is 1. The van der Waals surface area contributed by atoms with E-state index in [2.05, 4.69) is 39.9 Å². The number of benzene rings is 1. The van der Waals surface area contributed by atoms with E-state index < -0.39 is 0 Å². The standard InChI is InChI=1S/C14H19BrN2S/c1-10-6-3-2-4-9-17(10)12-8-5-7-11(15)13(12)14(16)18/h5,7-8,10H,2-4,6,9H2,1H3,(H2,16,18). The van der Waals surface area contributed by atoms with Crippen molar-refractivity contribution in [3.63, 3.8) is 0 Å². The summed E-state index contributed by atoms with van der Waals surface area (Å²) in [5.74, 6) is 0. The molecule has 1 heterocycles. The third-order valence-corrected chi connectivity index (χ3v) is 4.47. The first-order valence-electron chi connectivity index (χ1n) is 6.46. The molecule has 0 aliphatic carbocycles. The second-order valence-corrected chi connectivity index (χ2v) is 6.18. The smallest absolute Gasteiger partial charge is 0.107 e. The molecule has 2 rings (SSSR count). The van der Waals surface area contributed by atoms with Crippen LogP contribution in [0, 0.1) is 0 Å². The molecule has 1 fully saturated rings. The molecule has 2 nitrogen and oxygen atoms in total. The highest BCUT2D eigenvalue weighted by atomic mass is 79.9. The van der Waals surface area contributed by atoms with Crippen molar-refractivity contribution >= 4 is 38.8 Å². The highest BCUT2D eigenvalue weighted by molar-refractivity contribution is 9.10. The van der Waals surface area contributed by atoms with E-state index in [1.54, 1.807) is 0 Å². The molecule has 0 bridgehead atoms. The predicted molar refractivity (Wildman–Crippen MR) is 85.3 cm³/mol. The number of nitrogens with zero attached hydrogens (tertiary/aromatic N) is 1. The highest BCUT2D eigenvalue weighted by Gasteiger charge is 2.21. The molecular formula is C14H19BrN2S. The Labute approximate surface area is 123 Å². The maximum atomic E-state index is 5.88. The minimum absolute atomic E-state index is 0.467. The van der Waals surface area contributed by atoms with Gasteiger partial charge in [-0.15, -0.1) is 0 Å². The quantitative estimate of drug-likeness (QED) is 0.837. The summed E-state index contributed by atoms with van der Waals surface area (Å²) >= 11 is 8.76. The topological polar surface area (TPSA) is 29.3 Å². The Kier molecular flexibility index (Phi) is 4.62. The molecule has 0 saturated carbocycles. The summed E-state index contributed by atoms with van der Waals surface area (Å²) in [5.41, 5.74) is 8.03. The summed E-state index contributed by atoms with van der Waals surface area (Å²) in [6, 6.07) is 6.73. The summed E-state index contributed by atoms with van der Waals surface area (Å²) in [6.45, 7) is 3.38. The summed E-state index contributed by atoms with van der Waals surface area (Å²) in [4.78, 5) is 2.92. The van der Waals surface area contributed by atoms with E-state index in [0.717, 1.165) is 16.6 Å². The first-order chi connectivity index (χ1) is 8.61. The summed E-state index contributed by atoms with van der Waals surface area (Å²) in [5, 5.41) is 0. The van der Waals surface area contributed by atoms with Gasteiger partial charge in [0, 0.05) is 28.3 Å². The lowest BCUT2D eigenvalue weighted by Crippen LogP contribution is -2.34. The first-order valence-corrected chi connectivity index (χ1v) is 7.66. The van der Waals surface area contributed by atoms with Crippen molar-refractivity contribution in [1.29, 1.82) is 0 Å². The molecule has 98 valence electrons. The Morgan fingerprint density at radius 1 is 1.39 bits per heavy atom. The van der Waals surface area contributed by atoms with Crippen molar-refractivity contribution in [2.75, 3.05) is 11.4 Å². The average molecular weight is 327 g/mol. The van der Waals surface area contributed by atoms with Crippen LogP contribution in [0.1, 0.15) is 38.2 Å². The van der Waals surface area contributed by atoms with Crippen LogP contribution in [0.4, 0.5) is 5.69 Å². The predicted octanol–water partition coefficient (Wildman–Crippen LogP) is 3.85. The van der Waals surface area contributed by atoms with E-state index in [-0.39, 0.29) is 0 Å². The second-order valence-electron chi connectivity index (χ2n) is 4.89. The van der Waals surface area contributed by atoms with Gasteiger partial charge in [0.2, 0.25) is 0 Å². The van der Waals surface area contributed by atoms with Crippen molar-refractivity contribution < 1.29 is 0 Å². The molecule has 1 aromatic carbocycles. The maximum absolute atomic E-state index is 5.88. The van der Waals surface area contributed by atoms with Crippen LogP contribution in [0.25, 0.3) is 0 Å². The fourth-order valence-electron chi connectivity index (χ4n) is 2.63. The number of anilines is 1. The molecular weight excluding hydrogens is 308 g/mol. The van der Waals surface area contributed by atoms with Gasteiger partial charge in [0.1, 0.15) is 4.99 Å². The lowest BCUT2D eigenvalue weighted by Gasteiger charge is -2.31. The van der Waals surface area contributed by atoms with Gasteiger partial charge < -0.3 is 10.6 Å². The lowest BCUT2D eigenvalue weighted by atomic mass is 10.1. The Bertz CT molecular complexity index is 447. The van der Waals surface area contributed by atoms with Gasteiger partial charge in [-0.3, -0.25) is 0 Å². The molecule has 1 saturated heterocycles. The van der Waals surface area contributed by atoms with Gasteiger partial charge in [-0.2, -0.15) is 0 Å². The largest absolute Gasteiger partial charge is 0.389 e. The Morgan fingerprint density at radius 2 is 2.17 bits per heavy atom. The molecule has 18 heavy (non-hydrogen) atoms. The normalized spacial score (nSPS) is 20.6. The second kappa shape index (κ2) is 6.02. The zero-order valence-electron chi connectivity index (χ0n) is 10.7. The van der Waals surface area contributed by atoms with Crippen LogP contribution in [-0.2, 0) is 0 Å². The van der Waals surface area contributed by atoms with E-state index >= 15 is 0 Å². The molecule has 1 aromatic rings. The Morgan fingerprint density at radius 3 is 2.89 bits per heavy atom. The Balaban J connectivity index is 2.42. The van der Waals surface area contributed by atoms with Crippen LogP contribution < -0.4 is 10.6 Å². The fraction of sp³-hybridized carbons (Fsp3) is 0.500. The zero-order valence-corrected chi connectivity index (χ0v) is 13.1. The third-order valence-electron chi connectivity index (χ3n) is 3.60. The zero-order chi connectivity index (χ0) is 13.1. The summed E-state index contributed by atoms with van der Waals surface area (Å²) in [6.07, 6.45) is 5.11. The molecule has 1 aliphatic heterocycles. The molecule has 0 radical (unpaired) electrons. The molecule has 2 N–H and O–H groups in total. The van der Waals surface area contributed by atoms with Gasteiger partial charge in [0.15, 0.2) is 0 Å². The van der Waals surface area contributed by atoms with Gasteiger partial charge in [-0.05, 0) is 47.8 Å². The number of hydrogen-bond donors (Lipinski definition) is 1. The van der Waals surface area contributed by atoms with E-state index in [1.165, 1.54) is 31.4 Å². The van der Waals surface area contributed by atoms with Crippen molar-refractivity contribution in [2.24, 2.45) is 5.73 Å². The van der Waals surface area contributed by atoms with Crippen molar-refractivity contribution in [3.8, 4) is 0 Å². The maximum Gasteiger partial charge on any atom is 0.107 e. The molecule has 1 atom stereocenters. The van der Waals surface area contributed by atoms with Crippen LogP contribution in [-0.4, -0.2) is 17.6 Å². The van der Waals surface area contributed by atoms with Gasteiger partial charge in [0.25, 0.3) is 0 Å².